The van der Waals surface area contributed by atoms with E-state index in [1.54, 1.807) is 13.2 Å². The van der Waals surface area contributed by atoms with E-state index in [9.17, 15) is 0 Å². The highest BCUT2D eigenvalue weighted by Crippen LogP contribution is 2.18. The zero-order chi connectivity index (χ0) is 17.2. The molecule has 0 spiro atoms. The van der Waals surface area contributed by atoms with Gasteiger partial charge in [-0.2, -0.15) is 5.10 Å². The predicted octanol–water partition coefficient (Wildman–Crippen LogP) is 2.35. The Bertz CT molecular complexity index is 637. The lowest BCUT2D eigenvalue weighted by Crippen LogP contribution is -2.37. The third-order valence-corrected chi connectivity index (χ3v) is 3.64. The fourth-order valence-corrected chi connectivity index (χ4v) is 2.43. The van der Waals surface area contributed by atoms with Gasteiger partial charge in [0.2, 0.25) is 0 Å². The molecule has 0 aliphatic carbocycles. The van der Waals surface area contributed by atoms with Gasteiger partial charge in [-0.25, -0.2) is 0 Å². The zero-order valence-corrected chi connectivity index (χ0v) is 14.7. The Morgan fingerprint density at radius 1 is 1.33 bits per heavy atom. The summed E-state index contributed by atoms with van der Waals surface area (Å²) in [6, 6.07) is 8.18. The molecule has 0 aliphatic heterocycles. The van der Waals surface area contributed by atoms with E-state index in [0.29, 0.717) is 6.61 Å². The molecule has 0 aliphatic rings. The molecule has 1 heterocycles. The van der Waals surface area contributed by atoms with Crippen LogP contribution in [0, 0.1) is 6.92 Å². The molecule has 0 fully saturated rings. The molecule has 1 aromatic carbocycles. The number of nitrogens with zero attached hydrogens (tertiary/aromatic N) is 3. The smallest absolute Gasteiger partial charge is 0.191 e. The summed E-state index contributed by atoms with van der Waals surface area (Å²) < 4.78 is 7.50. The number of aromatic nitrogens is 2. The fraction of sp³-hybridized carbons (Fsp3) is 0.444. The van der Waals surface area contributed by atoms with E-state index in [-0.39, 0.29) is 0 Å². The first-order valence-corrected chi connectivity index (χ1v) is 8.37. The highest BCUT2D eigenvalue weighted by Gasteiger charge is 2.02. The summed E-state index contributed by atoms with van der Waals surface area (Å²) in [6.07, 6.45) is 4.76. The van der Waals surface area contributed by atoms with Crippen molar-refractivity contribution in [3.63, 3.8) is 0 Å². The minimum atomic E-state index is 0.688. The minimum Gasteiger partial charge on any atom is -0.494 e. The second-order valence-corrected chi connectivity index (χ2v) is 5.51. The van der Waals surface area contributed by atoms with Crippen LogP contribution in [0.15, 0.2) is 41.7 Å². The maximum atomic E-state index is 5.57. The van der Waals surface area contributed by atoms with Crippen molar-refractivity contribution in [2.45, 2.75) is 33.4 Å². The first-order chi connectivity index (χ1) is 11.7. The minimum absolute atomic E-state index is 0.688. The molecule has 2 N–H and O–H groups in total. The van der Waals surface area contributed by atoms with Crippen molar-refractivity contribution in [3.8, 4) is 5.75 Å². The van der Waals surface area contributed by atoms with Gasteiger partial charge in [0.25, 0.3) is 0 Å². The van der Waals surface area contributed by atoms with Crippen LogP contribution in [-0.2, 0) is 13.1 Å². The van der Waals surface area contributed by atoms with Crippen LogP contribution < -0.4 is 15.4 Å². The topological polar surface area (TPSA) is 63.5 Å². The molecular formula is C18H27N5O. The summed E-state index contributed by atoms with van der Waals surface area (Å²) in [7, 11) is 1.78. The first-order valence-electron chi connectivity index (χ1n) is 8.37. The molecule has 24 heavy (non-hydrogen) atoms. The molecule has 6 nitrogen and oxygen atoms in total. The quantitative estimate of drug-likeness (QED) is 0.443. The molecule has 0 saturated heterocycles. The van der Waals surface area contributed by atoms with Crippen LogP contribution in [0.25, 0.3) is 0 Å². The molecule has 0 saturated carbocycles. The van der Waals surface area contributed by atoms with Crippen LogP contribution in [-0.4, -0.2) is 35.9 Å². The summed E-state index contributed by atoms with van der Waals surface area (Å²) in [5.41, 5.74) is 2.36. The third kappa shape index (κ3) is 5.61. The van der Waals surface area contributed by atoms with Gasteiger partial charge in [-0.3, -0.25) is 9.67 Å². The van der Waals surface area contributed by atoms with Crippen molar-refractivity contribution in [2.75, 3.05) is 20.2 Å². The Labute approximate surface area is 143 Å². The van der Waals surface area contributed by atoms with Gasteiger partial charge in [0.15, 0.2) is 5.96 Å². The average molecular weight is 329 g/mol. The van der Waals surface area contributed by atoms with Gasteiger partial charge in [-0.05, 0) is 43.5 Å². The highest BCUT2D eigenvalue weighted by molar-refractivity contribution is 5.79. The van der Waals surface area contributed by atoms with Crippen molar-refractivity contribution in [1.29, 1.82) is 0 Å². The fourth-order valence-electron chi connectivity index (χ4n) is 2.43. The van der Waals surface area contributed by atoms with Crippen LogP contribution in [0.1, 0.15) is 24.5 Å². The maximum absolute atomic E-state index is 5.57. The van der Waals surface area contributed by atoms with E-state index in [1.807, 2.05) is 29.9 Å². The monoisotopic (exact) mass is 329 g/mol. The molecule has 6 heteroatoms. The van der Waals surface area contributed by atoms with Gasteiger partial charge < -0.3 is 15.4 Å². The zero-order valence-electron chi connectivity index (χ0n) is 14.7. The number of rotatable bonds is 8. The molecule has 2 rings (SSSR count). The van der Waals surface area contributed by atoms with Gasteiger partial charge in [0.05, 0.1) is 6.61 Å². The van der Waals surface area contributed by atoms with Crippen LogP contribution in [0.3, 0.4) is 0 Å². The standard InChI is InChI=1S/C18H27N5O/c1-4-24-17-8-7-16(13-15(17)2)14-21-18(19-3)20-9-5-11-23-12-6-10-22-23/h6-8,10,12-13H,4-5,9,11,14H2,1-3H3,(H2,19,20,21). The van der Waals surface area contributed by atoms with Crippen molar-refractivity contribution in [2.24, 2.45) is 4.99 Å². The Morgan fingerprint density at radius 2 is 2.21 bits per heavy atom. The normalized spacial score (nSPS) is 11.4. The second kappa shape index (κ2) is 9.60. The summed E-state index contributed by atoms with van der Waals surface area (Å²) in [6.45, 7) is 7.23. The molecule has 0 unspecified atom stereocenters. The highest BCUT2D eigenvalue weighted by atomic mass is 16.5. The molecule has 0 bridgehead atoms. The van der Waals surface area contributed by atoms with E-state index >= 15 is 0 Å². The lowest BCUT2D eigenvalue weighted by atomic mass is 10.1. The Morgan fingerprint density at radius 3 is 2.88 bits per heavy atom. The summed E-state index contributed by atoms with van der Waals surface area (Å²) >= 11 is 0. The molecule has 0 radical (unpaired) electrons. The molecule has 0 amide bonds. The first kappa shape index (κ1) is 17.8. The summed E-state index contributed by atoms with van der Waals surface area (Å²) in [5, 5.41) is 10.8. The number of aryl methyl sites for hydroxylation is 2. The molecule has 0 atom stereocenters. The number of hydrogen-bond acceptors (Lipinski definition) is 3. The Hall–Kier alpha value is -2.50. The molecule has 1 aromatic heterocycles. The Kier molecular flexibility index (Phi) is 7.14. The number of benzene rings is 1. The molecular weight excluding hydrogens is 302 g/mol. The van der Waals surface area contributed by atoms with Crippen molar-refractivity contribution < 1.29 is 4.74 Å². The molecule has 130 valence electrons. The van der Waals surface area contributed by atoms with E-state index in [4.69, 9.17) is 4.74 Å². The summed E-state index contributed by atoms with van der Waals surface area (Å²) in [5.74, 6) is 1.75. The van der Waals surface area contributed by atoms with Crippen molar-refractivity contribution in [1.82, 2.24) is 20.4 Å². The van der Waals surface area contributed by atoms with Gasteiger partial charge in [-0.15, -0.1) is 0 Å². The predicted molar refractivity (Wildman–Crippen MR) is 97.4 cm³/mol. The van der Waals surface area contributed by atoms with Crippen LogP contribution in [0.2, 0.25) is 0 Å². The van der Waals surface area contributed by atoms with Crippen LogP contribution in [0.5, 0.6) is 5.75 Å². The van der Waals surface area contributed by atoms with Gasteiger partial charge in [-0.1, -0.05) is 12.1 Å². The largest absolute Gasteiger partial charge is 0.494 e. The van der Waals surface area contributed by atoms with Crippen LogP contribution >= 0.6 is 0 Å². The number of ether oxygens (including phenoxy) is 1. The lowest BCUT2D eigenvalue weighted by Gasteiger charge is -2.13. The number of guanidine groups is 1. The average Bonchev–Trinajstić information content (AvgIpc) is 3.10. The van der Waals surface area contributed by atoms with E-state index in [0.717, 1.165) is 43.3 Å². The van der Waals surface area contributed by atoms with Gasteiger partial charge in [0, 0.05) is 39.1 Å². The van der Waals surface area contributed by atoms with E-state index < -0.39 is 0 Å². The lowest BCUT2D eigenvalue weighted by molar-refractivity contribution is 0.338. The van der Waals surface area contributed by atoms with Gasteiger partial charge in [0.1, 0.15) is 5.75 Å². The van der Waals surface area contributed by atoms with Crippen molar-refractivity contribution in [3.05, 3.63) is 47.8 Å². The number of nitrogens with one attached hydrogen (secondary N) is 2. The van der Waals surface area contributed by atoms with Gasteiger partial charge >= 0.3 is 0 Å². The maximum Gasteiger partial charge on any atom is 0.191 e. The Balaban J connectivity index is 1.73. The van der Waals surface area contributed by atoms with Crippen LogP contribution in [0.4, 0.5) is 0 Å². The van der Waals surface area contributed by atoms with E-state index in [1.165, 1.54) is 5.56 Å². The molecule has 2 aromatic rings. The van der Waals surface area contributed by atoms with Crippen molar-refractivity contribution >= 4 is 5.96 Å². The number of aliphatic imine (C=N–C) groups is 1. The second-order valence-electron chi connectivity index (χ2n) is 5.51. The summed E-state index contributed by atoms with van der Waals surface area (Å²) in [4.78, 5) is 4.25. The SMILES string of the molecule is CCOc1ccc(CNC(=NC)NCCCn2cccn2)cc1C. The number of hydrogen-bond donors (Lipinski definition) is 2. The third-order valence-electron chi connectivity index (χ3n) is 3.64. The van der Waals surface area contributed by atoms with E-state index in [2.05, 4.69) is 39.8 Å².